The Hall–Kier alpha value is -0.850. The lowest BCUT2D eigenvalue weighted by Crippen LogP contribution is -2.39. The van der Waals surface area contributed by atoms with Crippen molar-refractivity contribution in [3.8, 4) is 0 Å². The summed E-state index contributed by atoms with van der Waals surface area (Å²) in [7, 11) is 0. The van der Waals surface area contributed by atoms with Gasteiger partial charge in [-0.15, -0.1) is 0 Å². The van der Waals surface area contributed by atoms with Crippen LogP contribution in [0.4, 0.5) is 17.6 Å². The van der Waals surface area contributed by atoms with Crippen molar-refractivity contribution in [3.63, 3.8) is 0 Å². The minimum Gasteiger partial charge on any atom is -0.382 e. The largest absolute Gasteiger partial charge is 0.416 e. The second kappa shape index (κ2) is 4.57. The summed E-state index contributed by atoms with van der Waals surface area (Å²) in [6.07, 6.45) is -7.74. The van der Waals surface area contributed by atoms with Crippen molar-refractivity contribution < 1.29 is 22.7 Å². The zero-order valence-electron chi connectivity index (χ0n) is 7.80. The molecule has 0 saturated carbocycles. The summed E-state index contributed by atoms with van der Waals surface area (Å²) in [6.45, 7) is 0. The molecule has 0 aliphatic rings. The van der Waals surface area contributed by atoms with E-state index in [2.05, 4.69) is 0 Å². The predicted molar refractivity (Wildman–Crippen MR) is 50.4 cm³/mol. The zero-order chi connectivity index (χ0) is 12.5. The Morgan fingerprint density at radius 2 is 1.88 bits per heavy atom. The maximum Gasteiger partial charge on any atom is 0.416 e. The molecule has 0 aliphatic heterocycles. The fraction of sp³-hybridized carbons (Fsp3) is 0.333. The average Bonchev–Trinajstić information content (AvgIpc) is 2.18. The van der Waals surface area contributed by atoms with Crippen LogP contribution in [0.5, 0.6) is 0 Å². The first-order chi connectivity index (χ1) is 7.23. The Balaban J connectivity index is 3.05. The molecule has 0 saturated heterocycles. The normalized spacial score (nSPS) is 15.9. The topological polar surface area (TPSA) is 46.2 Å². The minimum absolute atomic E-state index is 0.0428. The average molecular weight is 258 g/mol. The molecule has 1 aromatic rings. The third kappa shape index (κ3) is 2.84. The number of alkyl halides is 3. The van der Waals surface area contributed by atoms with Gasteiger partial charge >= 0.3 is 6.18 Å². The minimum atomic E-state index is -4.91. The van der Waals surface area contributed by atoms with E-state index >= 15 is 0 Å². The SMILES string of the molecule is N[C@H](c1cc(Cl)ccc1F)[C@@H](O)C(F)(F)F. The molecule has 0 spiro atoms. The monoisotopic (exact) mass is 257 g/mol. The van der Waals surface area contributed by atoms with Crippen LogP contribution in [-0.4, -0.2) is 17.4 Å². The summed E-state index contributed by atoms with van der Waals surface area (Å²) in [5.41, 5.74) is 4.65. The van der Waals surface area contributed by atoms with Gasteiger partial charge in [0.15, 0.2) is 6.10 Å². The van der Waals surface area contributed by atoms with Crippen molar-refractivity contribution in [1.29, 1.82) is 0 Å². The number of halogens is 5. The van der Waals surface area contributed by atoms with Crippen LogP contribution in [0.1, 0.15) is 11.6 Å². The number of aliphatic hydroxyl groups is 1. The first-order valence-corrected chi connectivity index (χ1v) is 4.56. The summed E-state index contributed by atoms with van der Waals surface area (Å²) >= 11 is 5.49. The molecule has 3 N–H and O–H groups in total. The smallest absolute Gasteiger partial charge is 0.382 e. The summed E-state index contributed by atoms with van der Waals surface area (Å²) in [4.78, 5) is 0. The van der Waals surface area contributed by atoms with Gasteiger partial charge in [0.05, 0.1) is 6.04 Å². The van der Waals surface area contributed by atoms with Crippen LogP contribution in [0.25, 0.3) is 0 Å². The van der Waals surface area contributed by atoms with E-state index in [1.54, 1.807) is 0 Å². The van der Waals surface area contributed by atoms with Gasteiger partial charge in [0, 0.05) is 10.6 Å². The van der Waals surface area contributed by atoms with Gasteiger partial charge in [0.2, 0.25) is 0 Å². The fourth-order valence-corrected chi connectivity index (χ4v) is 1.32. The standard InChI is InChI=1S/C9H8ClF4NO/c10-4-1-2-6(11)5(3-4)7(15)8(16)9(12,13)14/h1-3,7-8,16H,15H2/t7-,8-/m1/s1. The van der Waals surface area contributed by atoms with Crippen LogP contribution < -0.4 is 5.73 Å². The van der Waals surface area contributed by atoms with E-state index in [1.807, 2.05) is 0 Å². The molecule has 7 heteroatoms. The van der Waals surface area contributed by atoms with E-state index in [9.17, 15) is 17.6 Å². The number of rotatable bonds is 2. The van der Waals surface area contributed by atoms with E-state index < -0.39 is 29.7 Å². The summed E-state index contributed by atoms with van der Waals surface area (Å²) in [6, 6.07) is 1.11. The maximum atomic E-state index is 13.2. The Bertz CT molecular complexity index is 382. The second-order valence-corrected chi connectivity index (χ2v) is 3.61. The molecule has 0 radical (unpaired) electrons. The molecule has 0 heterocycles. The van der Waals surface area contributed by atoms with Crippen LogP contribution in [0.2, 0.25) is 5.02 Å². The predicted octanol–water partition coefficient (Wildman–Crippen LogP) is 2.40. The summed E-state index contributed by atoms with van der Waals surface area (Å²) in [5, 5.41) is 8.91. The Labute approximate surface area is 93.6 Å². The quantitative estimate of drug-likeness (QED) is 0.799. The zero-order valence-corrected chi connectivity index (χ0v) is 8.56. The van der Waals surface area contributed by atoms with Crippen molar-refractivity contribution in [2.24, 2.45) is 5.73 Å². The van der Waals surface area contributed by atoms with Crippen molar-refractivity contribution >= 4 is 11.6 Å². The van der Waals surface area contributed by atoms with E-state index in [4.69, 9.17) is 22.4 Å². The van der Waals surface area contributed by atoms with Crippen molar-refractivity contribution in [1.82, 2.24) is 0 Å². The van der Waals surface area contributed by atoms with Gasteiger partial charge in [-0.1, -0.05) is 11.6 Å². The van der Waals surface area contributed by atoms with Crippen molar-refractivity contribution in [2.75, 3.05) is 0 Å². The van der Waals surface area contributed by atoms with Crippen LogP contribution in [0.3, 0.4) is 0 Å². The molecule has 2 atom stereocenters. The first kappa shape index (κ1) is 13.2. The lowest BCUT2D eigenvalue weighted by Gasteiger charge is -2.22. The van der Waals surface area contributed by atoms with Gasteiger partial charge in [-0.2, -0.15) is 13.2 Å². The molecule has 90 valence electrons. The molecule has 0 unspecified atom stereocenters. The lowest BCUT2D eigenvalue weighted by atomic mass is 10.0. The molecule has 2 nitrogen and oxygen atoms in total. The maximum absolute atomic E-state index is 13.2. The highest BCUT2D eigenvalue weighted by atomic mass is 35.5. The Kier molecular flexibility index (Phi) is 3.77. The number of aliphatic hydroxyl groups excluding tert-OH is 1. The van der Waals surface area contributed by atoms with Gasteiger partial charge in [-0.3, -0.25) is 0 Å². The molecule has 0 bridgehead atoms. The van der Waals surface area contributed by atoms with Crippen LogP contribution in [-0.2, 0) is 0 Å². The number of hydrogen-bond donors (Lipinski definition) is 2. The molecule has 0 amide bonds. The van der Waals surface area contributed by atoms with E-state index in [0.29, 0.717) is 0 Å². The van der Waals surface area contributed by atoms with Crippen LogP contribution >= 0.6 is 11.6 Å². The van der Waals surface area contributed by atoms with Crippen LogP contribution in [0, 0.1) is 5.82 Å². The Morgan fingerprint density at radius 1 is 1.31 bits per heavy atom. The Morgan fingerprint density at radius 3 is 2.38 bits per heavy atom. The molecule has 1 aromatic carbocycles. The number of hydrogen-bond acceptors (Lipinski definition) is 2. The third-order valence-corrected chi connectivity index (χ3v) is 2.23. The number of benzene rings is 1. The van der Waals surface area contributed by atoms with Gasteiger partial charge in [-0.05, 0) is 18.2 Å². The molecule has 16 heavy (non-hydrogen) atoms. The molecular weight excluding hydrogens is 250 g/mol. The third-order valence-electron chi connectivity index (χ3n) is 1.99. The summed E-state index contributed by atoms with van der Waals surface area (Å²) < 4.78 is 49.5. The molecule has 0 fully saturated rings. The van der Waals surface area contributed by atoms with Gasteiger partial charge in [0.1, 0.15) is 5.82 Å². The second-order valence-electron chi connectivity index (χ2n) is 3.18. The molecule has 1 rings (SSSR count). The summed E-state index contributed by atoms with van der Waals surface area (Å²) in [5.74, 6) is -0.944. The van der Waals surface area contributed by atoms with Crippen molar-refractivity contribution in [2.45, 2.75) is 18.3 Å². The highest BCUT2D eigenvalue weighted by Crippen LogP contribution is 2.30. The number of nitrogens with two attached hydrogens (primary N) is 1. The van der Waals surface area contributed by atoms with Gasteiger partial charge < -0.3 is 10.8 Å². The van der Waals surface area contributed by atoms with E-state index in [1.165, 1.54) is 6.07 Å². The molecular formula is C9H8ClF4NO. The van der Waals surface area contributed by atoms with Gasteiger partial charge in [-0.25, -0.2) is 4.39 Å². The van der Waals surface area contributed by atoms with E-state index in [0.717, 1.165) is 12.1 Å². The highest BCUT2D eigenvalue weighted by Gasteiger charge is 2.43. The fourth-order valence-electron chi connectivity index (χ4n) is 1.14. The molecule has 0 aromatic heterocycles. The first-order valence-electron chi connectivity index (χ1n) is 4.19. The van der Waals surface area contributed by atoms with Crippen molar-refractivity contribution in [3.05, 3.63) is 34.6 Å². The molecule has 0 aliphatic carbocycles. The highest BCUT2D eigenvalue weighted by molar-refractivity contribution is 6.30. The van der Waals surface area contributed by atoms with Gasteiger partial charge in [0.25, 0.3) is 0 Å². The lowest BCUT2D eigenvalue weighted by molar-refractivity contribution is -0.210. The van der Waals surface area contributed by atoms with E-state index in [-0.39, 0.29) is 5.02 Å². The van der Waals surface area contributed by atoms with Crippen LogP contribution in [0.15, 0.2) is 18.2 Å².